The second-order valence-electron chi connectivity index (χ2n) is 5.18. The van der Waals surface area contributed by atoms with Crippen LogP contribution in [-0.2, 0) is 9.59 Å². The molecule has 4 atom stereocenters. The van der Waals surface area contributed by atoms with E-state index in [0.29, 0.717) is 24.7 Å². The second kappa shape index (κ2) is 5.38. The third kappa shape index (κ3) is 2.63. The molecule has 4 nitrogen and oxygen atoms in total. The highest BCUT2D eigenvalue weighted by Crippen LogP contribution is 2.40. The minimum Gasteiger partial charge on any atom is -0.481 e. The maximum absolute atomic E-state index is 11.2. The molecule has 0 aliphatic heterocycles. The molecule has 1 saturated carbocycles. The highest BCUT2D eigenvalue weighted by atomic mass is 16.4. The number of hydrogen-bond acceptors (Lipinski definition) is 2. The highest BCUT2D eigenvalue weighted by Gasteiger charge is 2.40. The van der Waals surface area contributed by atoms with Gasteiger partial charge in [0.15, 0.2) is 0 Å². The van der Waals surface area contributed by atoms with E-state index in [2.05, 4.69) is 12.2 Å². The van der Waals surface area contributed by atoms with E-state index >= 15 is 0 Å². The van der Waals surface area contributed by atoms with Crippen molar-refractivity contribution in [2.75, 3.05) is 0 Å². The fourth-order valence-electron chi connectivity index (χ4n) is 3.11. The molecule has 2 N–H and O–H groups in total. The van der Waals surface area contributed by atoms with Crippen molar-refractivity contribution in [3.63, 3.8) is 0 Å². The van der Waals surface area contributed by atoms with Crippen molar-refractivity contribution in [1.82, 2.24) is 0 Å². The van der Waals surface area contributed by atoms with Gasteiger partial charge in [-0.1, -0.05) is 24.3 Å². The van der Waals surface area contributed by atoms with E-state index in [4.69, 9.17) is 5.11 Å². The van der Waals surface area contributed by atoms with E-state index in [-0.39, 0.29) is 0 Å². The Hall–Kier alpha value is -1.58. The number of carbonyl (C=O) groups is 2. The molecule has 2 rings (SSSR count). The van der Waals surface area contributed by atoms with Crippen LogP contribution in [0.1, 0.15) is 25.7 Å². The summed E-state index contributed by atoms with van der Waals surface area (Å²) in [7, 11) is 0. The van der Waals surface area contributed by atoms with Gasteiger partial charge in [0, 0.05) is 0 Å². The summed E-state index contributed by atoms with van der Waals surface area (Å²) in [4.78, 5) is 22.3. The summed E-state index contributed by atoms with van der Waals surface area (Å²) < 4.78 is 0. The van der Waals surface area contributed by atoms with Crippen molar-refractivity contribution in [1.29, 1.82) is 0 Å². The van der Waals surface area contributed by atoms with Gasteiger partial charge in [0.25, 0.3) is 0 Å². The fraction of sp³-hybridized carbons (Fsp3) is 0.571. The molecular formula is C14H18O4. The van der Waals surface area contributed by atoms with Crippen molar-refractivity contribution < 1.29 is 19.8 Å². The average Bonchev–Trinajstić information content (AvgIpc) is 2.39. The Morgan fingerprint density at radius 1 is 1.00 bits per heavy atom. The number of hydrogen-bond donors (Lipinski definition) is 2. The number of carboxylic acids is 2. The first kappa shape index (κ1) is 12.9. The fourth-order valence-corrected chi connectivity index (χ4v) is 3.11. The lowest BCUT2D eigenvalue weighted by atomic mass is 9.68. The van der Waals surface area contributed by atoms with Gasteiger partial charge in [-0.2, -0.15) is 0 Å². The van der Waals surface area contributed by atoms with Gasteiger partial charge in [-0.15, -0.1) is 0 Å². The van der Waals surface area contributed by atoms with Crippen LogP contribution in [0.4, 0.5) is 0 Å². The zero-order valence-corrected chi connectivity index (χ0v) is 10.2. The molecule has 1 fully saturated rings. The smallest absolute Gasteiger partial charge is 0.307 e. The number of allylic oxidation sites excluding steroid dienone is 4. The Balaban J connectivity index is 2.06. The lowest BCUT2D eigenvalue weighted by molar-refractivity contribution is -0.156. The molecule has 98 valence electrons. The van der Waals surface area contributed by atoms with Gasteiger partial charge in [0.05, 0.1) is 11.8 Å². The van der Waals surface area contributed by atoms with Gasteiger partial charge >= 0.3 is 11.9 Å². The summed E-state index contributed by atoms with van der Waals surface area (Å²) in [5.41, 5.74) is 0. The molecule has 1 unspecified atom stereocenters. The molecular weight excluding hydrogens is 232 g/mol. The van der Waals surface area contributed by atoms with Crippen LogP contribution < -0.4 is 0 Å². The van der Waals surface area contributed by atoms with E-state index in [9.17, 15) is 14.7 Å². The summed E-state index contributed by atoms with van der Waals surface area (Å²) in [6, 6.07) is 0. The lowest BCUT2D eigenvalue weighted by Gasteiger charge is -2.35. The molecule has 2 aliphatic rings. The average molecular weight is 250 g/mol. The van der Waals surface area contributed by atoms with E-state index in [1.165, 1.54) is 0 Å². The van der Waals surface area contributed by atoms with Crippen molar-refractivity contribution in [3.8, 4) is 0 Å². The Morgan fingerprint density at radius 3 is 2.28 bits per heavy atom. The minimum atomic E-state index is -0.972. The van der Waals surface area contributed by atoms with E-state index in [1.54, 1.807) is 0 Å². The number of aliphatic carboxylic acids is 2. The summed E-state index contributed by atoms with van der Waals surface area (Å²) in [5, 5.41) is 18.2. The third-order valence-corrected chi connectivity index (χ3v) is 4.14. The molecule has 0 aromatic heterocycles. The Kier molecular flexibility index (Phi) is 3.84. The SMILES string of the molecule is O=C(O)[C@H]1C[C@H](C2C=CC=CC2)CC[C@H]1C(=O)O. The van der Waals surface area contributed by atoms with Crippen LogP contribution in [0.5, 0.6) is 0 Å². The Morgan fingerprint density at radius 2 is 1.72 bits per heavy atom. The Labute approximate surface area is 106 Å². The number of carboxylic acid groups (broad SMARTS) is 2. The predicted octanol–water partition coefficient (Wildman–Crippen LogP) is 2.32. The summed E-state index contributed by atoms with van der Waals surface area (Å²) in [6.45, 7) is 0. The maximum atomic E-state index is 11.2. The van der Waals surface area contributed by atoms with Gasteiger partial charge in [0.1, 0.15) is 0 Å². The first-order valence-electron chi connectivity index (χ1n) is 6.38. The summed E-state index contributed by atoms with van der Waals surface area (Å²) in [5.74, 6) is -2.74. The molecule has 2 aliphatic carbocycles. The monoisotopic (exact) mass is 250 g/mol. The van der Waals surface area contributed by atoms with Crippen molar-refractivity contribution in [2.24, 2.45) is 23.7 Å². The third-order valence-electron chi connectivity index (χ3n) is 4.14. The second-order valence-corrected chi connectivity index (χ2v) is 5.18. The van der Waals surface area contributed by atoms with Crippen LogP contribution in [0, 0.1) is 23.7 Å². The van der Waals surface area contributed by atoms with Gasteiger partial charge in [0.2, 0.25) is 0 Å². The van der Waals surface area contributed by atoms with Crippen LogP contribution in [0.2, 0.25) is 0 Å². The van der Waals surface area contributed by atoms with Gasteiger partial charge in [-0.05, 0) is 37.5 Å². The van der Waals surface area contributed by atoms with Crippen LogP contribution >= 0.6 is 0 Å². The van der Waals surface area contributed by atoms with E-state index < -0.39 is 23.8 Å². The molecule has 18 heavy (non-hydrogen) atoms. The zero-order chi connectivity index (χ0) is 13.1. The molecule has 0 aromatic rings. The minimum absolute atomic E-state index is 0.294. The molecule has 0 amide bonds. The van der Waals surface area contributed by atoms with Gasteiger partial charge < -0.3 is 10.2 Å². The van der Waals surface area contributed by atoms with Crippen LogP contribution in [0.3, 0.4) is 0 Å². The predicted molar refractivity (Wildman–Crippen MR) is 66.0 cm³/mol. The first-order valence-corrected chi connectivity index (χ1v) is 6.38. The quantitative estimate of drug-likeness (QED) is 0.806. The molecule has 0 bridgehead atoms. The molecule has 0 heterocycles. The standard InChI is InChI=1S/C14H18O4/c15-13(16)11-7-6-10(8-12(11)14(17)18)9-4-2-1-3-5-9/h1-4,9-12H,5-8H2,(H,15,16)(H,17,18)/t9?,10-,11-,12+/m1/s1. The van der Waals surface area contributed by atoms with Gasteiger partial charge in [-0.25, -0.2) is 0 Å². The first-order chi connectivity index (χ1) is 8.59. The topological polar surface area (TPSA) is 74.6 Å². The highest BCUT2D eigenvalue weighted by molar-refractivity contribution is 5.80. The van der Waals surface area contributed by atoms with Crippen molar-refractivity contribution in [2.45, 2.75) is 25.7 Å². The summed E-state index contributed by atoms with van der Waals surface area (Å²) in [6.07, 6.45) is 10.9. The normalized spacial score (nSPS) is 35.3. The molecule has 4 heteroatoms. The molecule has 0 radical (unpaired) electrons. The molecule has 0 aromatic carbocycles. The number of rotatable bonds is 3. The van der Waals surface area contributed by atoms with Gasteiger partial charge in [-0.3, -0.25) is 9.59 Å². The Bertz CT molecular complexity index is 397. The van der Waals surface area contributed by atoms with Crippen LogP contribution in [0.25, 0.3) is 0 Å². The summed E-state index contributed by atoms with van der Waals surface area (Å²) >= 11 is 0. The van der Waals surface area contributed by atoms with Crippen LogP contribution in [-0.4, -0.2) is 22.2 Å². The van der Waals surface area contributed by atoms with Crippen molar-refractivity contribution in [3.05, 3.63) is 24.3 Å². The molecule has 0 spiro atoms. The van der Waals surface area contributed by atoms with Crippen molar-refractivity contribution >= 4 is 11.9 Å². The zero-order valence-electron chi connectivity index (χ0n) is 10.2. The molecule has 0 saturated heterocycles. The van der Waals surface area contributed by atoms with E-state index in [0.717, 1.165) is 12.8 Å². The maximum Gasteiger partial charge on any atom is 0.307 e. The van der Waals surface area contributed by atoms with Crippen LogP contribution in [0.15, 0.2) is 24.3 Å². The van der Waals surface area contributed by atoms with E-state index in [1.807, 2.05) is 12.2 Å². The lowest BCUT2D eigenvalue weighted by Crippen LogP contribution is -2.37. The largest absolute Gasteiger partial charge is 0.481 e.